The van der Waals surface area contributed by atoms with E-state index in [0.717, 1.165) is 21.5 Å². The van der Waals surface area contributed by atoms with Gasteiger partial charge in [0.15, 0.2) is 4.32 Å². The first-order valence-electron chi connectivity index (χ1n) is 8.22. The van der Waals surface area contributed by atoms with E-state index in [0.29, 0.717) is 15.0 Å². The van der Waals surface area contributed by atoms with Gasteiger partial charge in [0.05, 0.1) is 10.6 Å². The van der Waals surface area contributed by atoms with E-state index in [4.69, 9.17) is 16.6 Å². The Hall–Kier alpha value is -2.15. The van der Waals surface area contributed by atoms with Crippen LogP contribution < -0.4 is 4.90 Å². The largest absolute Gasteiger partial charge is 0.457 e. The van der Waals surface area contributed by atoms with Gasteiger partial charge in [-0.25, -0.2) is 0 Å². The fourth-order valence-corrected chi connectivity index (χ4v) is 4.76. The number of hydrogen-bond donors (Lipinski definition) is 0. The molecule has 1 amide bonds. The molecule has 2 heterocycles. The summed E-state index contributed by atoms with van der Waals surface area (Å²) in [7, 11) is 0. The number of benzene rings is 2. The highest BCUT2D eigenvalue weighted by Gasteiger charge is 2.33. The van der Waals surface area contributed by atoms with E-state index in [1.165, 1.54) is 17.3 Å². The monoisotopic (exact) mass is 455 g/mol. The number of carbonyl (C=O) groups is 1. The minimum absolute atomic E-state index is 0.134. The maximum atomic E-state index is 12.8. The molecular weight excluding hydrogens is 442 g/mol. The molecule has 0 spiro atoms. The molecule has 3 aromatic rings. The van der Waals surface area contributed by atoms with Gasteiger partial charge in [0.1, 0.15) is 11.5 Å². The Morgan fingerprint density at radius 1 is 1.11 bits per heavy atom. The number of thioether (sulfide) groups is 1. The van der Waals surface area contributed by atoms with Crippen LogP contribution in [0.5, 0.6) is 0 Å². The van der Waals surface area contributed by atoms with Crippen molar-refractivity contribution in [3.63, 3.8) is 0 Å². The highest BCUT2D eigenvalue weighted by atomic mass is 79.9. The second kappa shape index (κ2) is 7.46. The number of thiocarbonyl (C=S) groups is 1. The minimum atomic E-state index is -0.134. The molecule has 4 rings (SSSR count). The lowest BCUT2D eigenvalue weighted by atomic mass is 10.1. The Morgan fingerprint density at radius 2 is 1.89 bits per heavy atom. The van der Waals surface area contributed by atoms with Crippen molar-refractivity contribution in [3.8, 4) is 11.3 Å². The third-order valence-corrected chi connectivity index (χ3v) is 6.06. The van der Waals surface area contributed by atoms with Crippen LogP contribution in [0, 0.1) is 6.92 Å². The summed E-state index contributed by atoms with van der Waals surface area (Å²) in [4.78, 5) is 14.9. The molecule has 1 fully saturated rings. The summed E-state index contributed by atoms with van der Waals surface area (Å²) < 4.78 is 7.43. The van der Waals surface area contributed by atoms with Crippen LogP contribution in [-0.4, -0.2) is 10.2 Å². The molecule has 0 saturated carbocycles. The molecule has 0 radical (unpaired) electrons. The molecule has 0 unspecified atom stereocenters. The van der Waals surface area contributed by atoms with Crippen LogP contribution >= 0.6 is 39.9 Å². The second-order valence-electron chi connectivity index (χ2n) is 6.04. The average molecular weight is 456 g/mol. The number of halogens is 1. The van der Waals surface area contributed by atoms with Crippen LogP contribution in [0.15, 0.2) is 74.5 Å². The summed E-state index contributed by atoms with van der Waals surface area (Å²) in [6, 6.07) is 19.3. The molecule has 6 heteroatoms. The fourth-order valence-electron chi connectivity index (χ4n) is 2.79. The molecule has 0 atom stereocenters. The summed E-state index contributed by atoms with van der Waals surface area (Å²) in [5, 5.41) is 0. The van der Waals surface area contributed by atoms with E-state index in [1.807, 2.05) is 67.6 Å². The summed E-state index contributed by atoms with van der Waals surface area (Å²) in [6.45, 7) is 2.04. The lowest BCUT2D eigenvalue weighted by Crippen LogP contribution is -2.27. The molecule has 27 heavy (non-hydrogen) atoms. The van der Waals surface area contributed by atoms with E-state index in [-0.39, 0.29) is 5.91 Å². The zero-order chi connectivity index (χ0) is 19.0. The quantitative estimate of drug-likeness (QED) is 0.336. The van der Waals surface area contributed by atoms with Gasteiger partial charge in [-0.05, 0) is 48.9 Å². The zero-order valence-corrected chi connectivity index (χ0v) is 17.5. The normalized spacial score (nSPS) is 15.8. The Kier molecular flexibility index (Phi) is 5.04. The Labute approximate surface area is 175 Å². The molecule has 0 aliphatic carbocycles. The molecule has 2 aromatic carbocycles. The molecule has 134 valence electrons. The first-order valence-corrected chi connectivity index (χ1v) is 10.2. The van der Waals surface area contributed by atoms with Gasteiger partial charge in [-0.1, -0.05) is 64.2 Å². The van der Waals surface area contributed by atoms with Crippen molar-refractivity contribution in [1.82, 2.24) is 0 Å². The Bertz CT molecular complexity index is 1070. The summed E-state index contributed by atoms with van der Waals surface area (Å²) in [5.41, 5.74) is 2.91. The molecule has 1 aliphatic rings. The maximum Gasteiger partial charge on any atom is 0.270 e. The number of furan rings is 1. The zero-order valence-electron chi connectivity index (χ0n) is 14.3. The molecule has 3 nitrogen and oxygen atoms in total. The van der Waals surface area contributed by atoms with Crippen molar-refractivity contribution in [2.45, 2.75) is 6.92 Å². The minimum Gasteiger partial charge on any atom is -0.457 e. The van der Waals surface area contributed by atoms with Crippen LogP contribution in [0.3, 0.4) is 0 Å². The number of anilines is 1. The predicted molar refractivity (Wildman–Crippen MR) is 119 cm³/mol. The van der Waals surface area contributed by atoms with E-state index < -0.39 is 0 Å². The predicted octanol–water partition coefficient (Wildman–Crippen LogP) is 6.42. The van der Waals surface area contributed by atoms with Gasteiger partial charge in [0.25, 0.3) is 5.91 Å². The summed E-state index contributed by atoms with van der Waals surface area (Å²) in [5.74, 6) is 1.23. The molecule has 0 bridgehead atoms. The SMILES string of the molecule is Cc1ccc(-c2ccc(C=C3SC(=S)N(c4ccccc4)C3=O)o2)c(Br)c1. The fraction of sp³-hybridized carbons (Fsp3) is 0.0476. The van der Waals surface area contributed by atoms with Gasteiger partial charge in [-0.2, -0.15) is 0 Å². The standard InChI is InChI=1S/C21H14BrNO2S2/c1-13-7-9-16(17(22)11-13)18-10-8-15(25-18)12-19-20(24)23(21(26)27-19)14-5-3-2-4-6-14/h2-12H,1H3. The number of rotatable bonds is 3. The number of carbonyl (C=O) groups excluding carboxylic acids is 1. The van der Waals surface area contributed by atoms with Crippen LogP contribution in [0.1, 0.15) is 11.3 Å². The third kappa shape index (κ3) is 3.65. The third-order valence-electron chi connectivity index (χ3n) is 4.10. The maximum absolute atomic E-state index is 12.8. The first-order chi connectivity index (χ1) is 13.0. The molecule has 1 saturated heterocycles. The van der Waals surface area contributed by atoms with Gasteiger partial charge < -0.3 is 4.42 Å². The highest BCUT2D eigenvalue weighted by molar-refractivity contribution is 9.10. The molecule has 0 N–H and O–H groups in total. The number of para-hydroxylation sites is 1. The van der Waals surface area contributed by atoms with E-state index in [2.05, 4.69) is 15.9 Å². The smallest absolute Gasteiger partial charge is 0.270 e. The topological polar surface area (TPSA) is 33.5 Å². The first kappa shape index (κ1) is 18.2. The number of hydrogen-bond acceptors (Lipinski definition) is 4. The van der Waals surface area contributed by atoms with E-state index in [9.17, 15) is 4.79 Å². The lowest BCUT2D eigenvalue weighted by Gasteiger charge is -2.13. The van der Waals surface area contributed by atoms with Gasteiger partial charge >= 0.3 is 0 Å². The molecule has 1 aliphatic heterocycles. The van der Waals surface area contributed by atoms with Crippen molar-refractivity contribution in [1.29, 1.82) is 0 Å². The van der Waals surface area contributed by atoms with Crippen molar-refractivity contribution in [2.75, 3.05) is 4.90 Å². The van der Waals surface area contributed by atoms with Crippen LogP contribution in [0.4, 0.5) is 5.69 Å². The van der Waals surface area contributed by atoms with Gasteiger partial charge in [0.2, 0.25) is 0 Å². The van der Waals surface area contributed by atoms with Crippen LogP contribution in [0.2, 0.25) is 0 Å². The highest BCUT2D eigenvalue weighted by Crippen LogP contribution is 2.37. The molecular formula is C21H14BrNO2S2. The van der Waals surface area contributed by atoms with Gasteiger partial charge in [-0.15, -0.1) is 0 Å². The Morgan fingerprint density at radius 3 is 2.63 bits per heavy atom. The number of amides is 1. The second-order valence-corrected chi connectivity index (χ2v) is 8.57. The van der Waals surface area contributed by atoms with Crippen LogP contribution in [-0.2, 0) is 4.79 Å². The summed E-state index contributed by atoms with van der Waals surface area (Å²) in [6.07, 6.45) is 1.74. The van der Waals surface area contributed by atoms with Gasteiger partial charge in [-0.3, -0.25) is 9.69 Å². The van der Waals surface area contributed by atoms with E-state index >= 15 is 0 Å². The lowest BCUT2D eigenvalue weighted by molar-refractivity contribution is -0.113. The number of aryl methyl sites for hydroxylation is 1. The summed E-state index contributed by atoms with van der Waals surface area (Å²) >= 11 is 10.3. The van der Waals surface area contributed by atoms with Gasteiger partial charge in [0, 0.05) is 16.1 Å². The Balaban J connectivity index is 1.62. The van der Waals surface area contributed by atoms with Crippen LogP contribution in [0.25, 0.3) is 17.4 Å². The average Bonchev–Trinajstić information content (AvgIpc) is 3.21. The van der Waals surface area contributed by atoms with Crippen molar-refractivity contribution < 1.29 is 9.21 Å². The number of nitrogens with zero attached hydrogens (tertiary/aromatic N) is 1. The van der Waals surface area contributed by atoms with E-state index in [1.54, 1.807) is 11.0 Å². The van der Waals surface area contributed by atoms with Crippen molar-refractivity contribution in [2.24, 2.45) is 0 Å². The van der Waals surface area contributed by atoms with Crippen molar-refractivity contribution in [3.05, 3.63) is 81.4 Å². The molecule has 1 aromatic heterocycles. The van der Waals surface area contributed by atoms with Crippen molar-refractivity contribution >= 4 is 61.9 Å².